The molecule has 1 amide bonds. The van der Waals surface area contributed by atoms with Crippen LogP contribution in [0.2, 0.25) is 0 Å². The van der Waals surface area contributed by atoms with Crippen LogP contribution >= 0.6 is 11.8 Å². The minimum Gasteiger partial charge on any atom is -0.381 e. The van der Waals surface area contributed by atoms with Gasteiger partial charge in [-0.15, -0.1) is 0 Å². The molecule has 3 rings (SSSR count). The molecule has 0 aromatic rings. The molecule has 0 saturated carbocycles. The van der Waals surface area contributed by atoms with E-state index < -0.39 is 0 Å². The highest BCUT2D eigenvalue weighted by Gasteiger charge is 2.40. The first-order valence-electron chi connectivity index (χ1n) is 8.90. The number of carbonyl (C=O) groups is 1. The molecule has 3 aliphatic rings. The van der Waals surface area contributed by atoms with Gasteiger partial charge in [-0.05, 0) is 50.0 Å². The molecule has 2 atom stereocenters. The summed E-state index contributed by atoms with van der Waals surface area (Å²) in [5, 5.41) is 0. The van der Waals surface area contributed by atoms with Gasteiger partial charge in [0.05, 0.1) is 0 Å². The van der Waals surface area contributed by atoms with E-state index >= 15 is 0 Å². The Morgan fingerprint density at radius 3 is 2.82 bits per heavy atom. The Balaban J connectivity index is 1.57. The molecule has 0 unspecified atom stereocenters. The molecule has 4 nitrogen and oxygen atoms in total. The van der Waals surface area contributed by atoms with Crippen molar-refractivity contribution in [2.24, 2.45) is 5.92 Å². The van der Waals surface area contributed by atoms with Gasteiger partial charge in [-0.2, -0.15) is 11.8 Å². The molecule has 5 heteroatoms. The molecule has 0 radical (unpaired) electrons. The minimum atomic E-state index is 0.405. The molecule has 3 aliphatic heterocycles. The summed E-state index contributed by atoms with van der Waals surface area (Å²) in [6.45, 7) is 5.18. The van der Waals surface area contributed by atoms with Gasteiger partial charge in [0.1, 0.15) is 0 Å². The smallest absolute Gasteiger partial charge is 0.222 e. The van der Waals surface area contributed by atoms with Crippen LogP contribution in [0.4, 0.5) is 0 Å². The van der Waals surface area contributed by atoms with Crippen LogP contribution < -0.4 is 0 Å². The van der Waals surface area contributed by atoms with Gasteiger partial charge in [-0.25, -0.2) is 0 Å². The number of amides is 1. The lowest BCUT2D eigenvalue weighted by Crippen LogP contribution is -2.58. The van der Waals surface area contributed by atoms with E-state index in [0.29, 0.717) is 17.9 Å². The van der Waals surface area contributed by atoms with Gasteiger partial charge in [-0.3, -0.25) is 9.69 Å². The van der Waals surface area contributed by atoms with Crippen molar-refractivity contribution in [2.45, 2.75) is 50.6 Å². The molecule has 0 spiro atoms. The molecule has 3 fully saturated rings. The number of nitrogens with zero attached hydrogens (tertiary/aromatic N) is 2. The number of piperidine rings is 2. The highest BCUT2D eigenvalue weighted by Crippen LogP contribution is 2.33. The molecular weight excluding hydrogens is 296 g/mol. The van der Waals surface area contributed by atoms with Crippen LogP contribution in [0.3, 0.4) is 0 Å². The van der Waals surface area contributed by atoms with Gasteiger partial charge in [0.2, 0.25) is 5.91 Å². The van der Waals surface area contributed by atoms with E-state index in [2.05, 4.69) is 16.1 Å². The summed E-state index contributed by atoms with van der Waals surface area (Å²) in [6.07, 6.45) is 8.70. The average molecular weight is 327 g/mol. The third-order valence-electron chi connectivity index (χ3n) is 5.63. The second-order valence-corrected chi connectivity index (χ2v) is 7.91. The lowest BCUT2D eigenvalue weighted by molar-refractivity contribution is -0.141. The van der Waals surface area contributed by atoms with Crippen LogP contribution in [-0.4, -0.2) is 72.6 Å². The summed E-state index contributed by atoms with van der Waals surface area (Å²) in [5.74, 6) is 2.26. The van der Waals surface area contributed by atoms with Gasteiger partial charge < -0.3 is 9.64 Å². The fourth-order valence-corrected chi connectivity index (χ4v) is 4.85. The molecule has 0 bridgehead atoms. The first-order valence-corrected chi connectivity index (χ1v) is 10.3. The molecular formula is C17H30N2O2S. The summed E-state index contributed by atoms with van der Waals surface area (Å²) >= 11 is 1.88. The zero-order chi connectivity index (χ0) is 15.4. The molecule has 3 saturated heterocycles. The van der Waals surface area contributed by atoms with Crippen LogP contribution in [0, 0.1) is 5.92 Å². The lowest BCUT2D eigenvalue weighted by Gasteiger charge is -2.49. The van der Waals surface area contributed by atoms with E-state index in [0.717, 1.165) is 57.4 Å². The third-order valence-corrected chi connectivity index (χ3v) is 6.33. The SMILES string of the molecule is CSCCCN1C(=O)CC[C@H]2CN(C3CCOCC3)CC[C@H]21. The van der Waals surface area contributed by atoms with Crippen LogP contribution in [0.15, 0.2) is 0 Å². The van der Waals surface area contributed by atoms with E-state index in [-0.39, 0.29) is 0 Å². The van der Waals surface area contributed by atoms with Crippen molar-refractivity contribution in [3.63, 3.8) is 0 Å². The van der Waals surface area contributed by atoms with Crippen LogP contribution in [0.1, 0.15) is 38.5 Å². The van der Waals surface area contributed by atoms with Crippen molar-refractivity contribution in [2.75, 3.05) is 44.9 Å². The lowest BCUT2D eigenvalue weighted by atomic mass is 9.82. The van der Waals surface area contributed by atoms with E-state index in [1.807, 2.05) is 11.8 Å². The molecule has 0 N–H and O–H groups in total. The van der Waals surface area contributed by atoms with E-state index in [4.69, 9.17) is 4.74 Å². The van der Waals surface area contributed by atoms with Gasteiger partial charge in [-0.1, -0.05) is 0 Å². The average Bonchev–Trinajstić information content (AvgIpc) is 2.57. The number of rotatable bonds is 5. The predicted octanol–water partition coefficient (Wildman–Crippen LogP) is 2.23. The highest BCUT2D eigenvalue weighted by atomic mass is 32.2. The van der Waals surface area contributed by atoms with Crippen molar-refractivity contribution in [1.29, 1.82) is 0 Å². The summed E-state index contributed by atoms with van der Waals surface area (Å²) in [4.78, 5) is 17.2. The Kier molecular flexibility index (Phi) is 6.05. The molecule has 3 heterocycles. The van der Waals surface area contributed by atoms with Gasteiger partial charge in [0, 0.05) is 51.4 Å². The van der Waals surface area contributed by atoms with Crippen LogP contribution in [0.5, 0.6) is 0 Å². The second kappa shape index (κ2) is 8.02. The molecule has 126 valence electrons. The molecule has 22 heavy (non-hydrogen) atoms. The normalized spacial score (nSPS) is 31.3. The summed E-state index contributed by atoms with van der Waals surface area (Å²) < 4.78 is 5.50. The van der Waals surface area contributed by atoms with E-state index in [1.165, 1.54) is 25.8 Å². The van der Waals surface area contributed by atoms with E-state index in [1.54, 1.807) is 0 Å². The Hall–Kier alpha value is -0.260. The number of likely N-dealkylation sites (tertiary alicyclic amines) is 2. The number of fused-ring (bicyclic) bond motifs is 1. The van der Waals surface area contributed by atoms with Gasteiger partial charge in [0.15, 0.2) is 0 Å². The predicted molar refractivity (Wildman–Crippen MR) is 91.3 cm³/mol. The fourth-order valence-electron chi connectivity index (χ4n) is 4.43. The Morgan fingerprint density at radius 2 is 2.05 bits per heavy atom. The fraction of sp³-hybridized carbons (Fsp3) is 0.941. The van der Waals surface area contributed by atoms with Crippen molar-refractivity contribution < 1.29 is 9.53 Å². The summed E-state index contributed by atoms with van der Waals surface area (Å²) in [5.41, 5.74) is 0. The maximum atomic E-state index is 12.3. The zero-order valence-corrected chi connectivity index (χ0v) is 14.7. The monoisotopic (exact) mass is 326 g/mol. The standard InChI is InChI=1S/C17H30N2O2S/c1-22-12-2-8-19-16-5-9-18(15-6-10-21-11-7-15)13-14(16)3-4-17(19)20/h14-16H,2-13H2,1H3/t14-,16+/m0/s1. The maximum Gasteiger partial charge on any atom is 0.222 e. The Bertz CT molecular complexity index is 374. The van der Waals surface area contributed by atoms with Gasteiger partial charge >= 0.3 is 0 Å². The molecule has 0 aromatic carbocycles. The number of ether oxygens (including phenoxy) is 1. The zero-order valence-electron chi connectivity index (χ0n) is 13.8. The number of hydrogen-bond acceptors (Lipinski definition) is 4. The Morgan fingerprint density at radius 1 is 1.23 bits per heavy atom. The van der Waals surface area contributed by atoms with Crippen molar-refractivity contribution in [3.8, 4) is 0 Å². The molecule has 0 aromatic heterocycles. The first-order chi connectivity index (χ1) is 10.8. The number of carbonyl (C=O) groups excluding carboxylic acids is 1. The van der Waals surface area contributed by atoms with Crippen molar-refractivity contribution >= 4 is 17.7 Å². The van der Waals surface area contributed by atoms with Crippen LogP contribution in [0.25, 0.3) is 0 Å². The topological polar surface area (TPSA) is 32.8 Å². The summed E-state index contributed by atoms with van der Waals surface area (Å²) in [6, 6.07) is 1.23. The highest BCUT2D eigenvalue weighted by molar-refractivity contribution is 7.98. The first kappa shape index (κ1) is 16.6. The number of thioether (sulfide) groups is 1. The Labute approximate surface area is 138 Å². The van der Waals surface area contributed by atoms with E-state index in [9.17, 15) is 4.79 Å². The minimum absolute atomic E-state index is 0.405. The van der Waals surface area contributed by atoms with Crippen molar-refractivity contribution in [1.82, 2.24) is 9.80 Å². The maximum absolute atomic E-state index is 12.3. The second-order valence-electron chi connectivity index (χ2n) is 6.93. The third kappa shape index (κ3) is 3.80. The van der Waals surface area contributed by atoms with Crippen molar-refractivity contribution in [3.05, 3.63) is 0 Å². The summed E-state index contributed by atoms with van der Waals surface area (Å²) in [7, 11) is 0. The number of hydrogen-bond donors (Lipinski definition) is 0. The largest absolute Gasteiger partial charge is 0.381 e. The van der Waals surface area contributed by atoms with Gasteiger partial charge in [0.25, 0.3) is 0 Å². The van der Waals surface area contributed by atoms with Crippen LogP contribution in [-0.2, 0) is 9.53 Å². The molecule has 0 aliphatic carbocycles. The quantitative estimate of drug-likeness (QED) is 0.726.